The number of amides is 1. The molecule has 0 aliphatic carbocycles. The molecule has 5 heteroatoms. The Morgan fingerprint density at radius 2 is 2.00 bits per heavy atom. The molecule has 0 saturated carbocycles. The molecular weight excluding hydrogens is 256 g/mol. The Kier molecular flexibility index (Phi) is 4.10. The summed E-state index contributed by atoms with van der Waals surface area (Å²) < 4.78 is 4.64. The fourth-order valence-electron chi connectivity index (χ4n) is 1.76. The molecule has 0 aliphatic rings. The third-order valence-corrected chi connectivity index (χ3v) is 2.79. The minimum atomic E-state index is -0.446. The van der Waals surface area contributed by atoms with E-state index in [-0.39, 0.29) is 5.91 Å². The van der Waals surface area contributed by atoms with Gasteiger partial charge in [0.25, 0.3) is 5.91 Å². The molecule has 1 N–H and O–H groups in total. The Morgan fingerprint density at radius 1 is 1.20 bits per heavy atom. The number of ether oxygens (including phenoxy) is 1. The van der Waals surface area contributed by atoms with Crippen LogP contribution in [0.3, 0.4) is 0 Å². The summed E-state index contributed by atoms with van der Waals surface area (Å²) in [6.45, 7) is 1.76. The summed E-state index contributed by atoms with van der Waals surface area (Å²) in [6.07, 6.45) is 1.63. The van der Waals surface area contributed by atoms with E-state index in [4.69, 9.17) is 0 Å². The molecule has 2 aromatic rings. The van der Waals surface area contributed by atoms with Gasteiger partial charge in [0.15, 0.2) is 0 Å². The van der Waals surface area contributed by atoms with Gasteiger partial charge in [-0.15, -0.1) is 0 Å². The molecule has 1 aromatic heterocycles. The van der Waals surface area contributed by atoms with Crippen molar-refractivity contribution in [3.05, 3.63) is 59.4 Å². The summed E-state index contributed by atoms with van der Waals surface area (Å²) in [5.74, 6) is -0.712. The van der Waals surface area contributed by atoms with Crippen molar-refractivity contribution < 1.29 is 14.3 Å². The zero-order chi connectivity index (χ0) is 14.5. The van der Waals surface area contributed by atoms with E-state index in [9.17, 15) is 9.59 Å². The van der Waals surface area contributed by atoms with Crippen LogP contribution in [0.4, 0.5) is 5.69 Å². The van der Waals surface area contributed by atoms with Crippen LogP contribution >= 0.6 is 0 Å². The number of aromatic nitrogens is 1. The second kappa shape index (κ2) is 5.97. The molecule has 0 fully saturated rings. The molecule has 0 unspecified atom stereocenters. The van der Waals surface area contributed by atoms with Crippen LogP contribution in [0.25, 0.3) is 0 Å². The maximum Gasteiger partial charge on any atom is 0.337 e. The number of hydrogen-bond donors (Lipinski definition) is 1. The summed E-state index contributed by atoms with van der Waals surface area (Å²) in [4.78, 5) is 27.6. The van der Waals surface area contributed by atoms with E-state index in [1.165, 1.54) is 7.11 Å². The number of esters is 1. The average Bonchev–Trinajstić information content (AvgIpc) is 2.47. The number of pyridine rings is 1. The van der Waals surface area contributed by atoms with Gasteiger partial charge in [-0.25, -0.2) is 4.79 Å². The predicted octanol–water partition coefficient (Wildman–Crippen LogP) is 2.43. The van der Waals surface area contributed by atoms with Crippen LogP contribution in [0.15, 0.2) is 42.6 Å². The summed E-state index contributed by atoms with van der Waals surface area (Å²) in [5, 5.41) is 2.73. The van der Waals surface area contributed by atoms with Gasteiger partial charge in [-0.05, 0) is 37.3 Å². The number of methoxy groups -OCH3 is 1. The number of nitrogens with one attached hydrogen (secondary N) is 1. The summed E-state index contributed by atoms with van der Waals surface area (Å²) >= 11 is 0. The van der Waals surface area contributed by atoms with Crippen molar-refractivity contribution in [2.24, 2.45) is 0 Å². The number of carbonyl (C=O) groups excluding carboxylic acids is 2. The van der Waals surface area contributed by atoms with E-state index in [1.54, 1.807) is 49.5 Å². The highest BCUT2D eigenvalue weighted by Gasteiger charge is 2.11. The van der Waals surface area contributed by atoms with Gasteiger partial charge in [0.05, 0.1) is 18.2 Å². The average molecular weight is 270 g/mol. The lowest BCUT2D eigenvalue weighted by Gasteiger charge is -2.08. The Balaban J connectivity index is 2.20. The fraction of sp³-hybridized carbons (Fsp3) is 0.133. The van der Waals surface area contributed by atoms with Crippen molar-refractivity contribution >= 4 is 17.6 Å². The third kappa shape index (κ3) is 3.00. The third-order valence-electron chi connectivity index (χ3n) is 2.79. The molecule has 0 atom stereocenters. The van der Waals surface area contributed by atoms with Crippen LogP contribution < -0.4 is 5.32 Å². The van der Waals surface area contributed by atoms with Gasteiger partial charge in [0.1, 0.15) is 0 Å². The Hall–Kier alpha value is -2.69. The fourth-order valence-corrected chi connectivity index (χ4v) is 1.76. The predicted molar refractivity (Wildman–Crippen MR) is 74.7 cm³/mol. The molecule has 2 rings (SSSR count). The molecule has 5 nitrogen and oxygen atoms in total. The van der Waals surface area contributed by atoms with E-state index < -0.39 is 5.97 Å². The van der Waals surface area contributed by atoms with E-state index in [2.05, 4.69) is 15.0 Å². The quantitative estimate of drug-likeness (QED) is 0.870. The van der Waals surface area contributed by atoms with Gasteiger partial charge in [0.2, 0.25) is 0 Å². The second-order valence-corrected chi connectivity index (χ2v) is 4.16. The lowest BCUT2D eigenvalue weighted by molar-refractivity contribution is 0.0600. The van der Waals surface area contributed by atoms with E-state index in [0.29, 0.717) is 22.5 Å². The number of nitrogens with zero attached hydrogens (tertiary/aromatic N) is 1. The first-order valence-electron chi connectivity index (χ1n) is 6.03. The van der Waals surface area contributed by atoms with Crippen molar-refractivity contribution in [3.63, 3.8) is 0 Å². The molecule has 0 saturated heterocycles. The van der Waals surface area contributed by atoms with Gasteiger partial charge < -0.3 is 10.1 Å². The monoisotopic (exact) mass is 270 g/mol. The number of aryl methyl sites for hydroxylation is 1. The van der Waals surface area contributed by atoms with Crippen LogP contribution in [-0.2, 0) is 4.74 Å². The normalized spacial score (nSPS) is 9.90. The molecule has 0 bridgehead atoms. The topological polar surface area (TPSA) is 68.3 Å². The zero-order valence-electron chi connectivity index (χ0n) is 11.2. The van der Waals surface area contributed by atoms with Crippen molar-refractivity contribution in [2.45, 2.75) is 6.92 Å². The van der Waals surface area contributed by atoms with Crippen LogP contribution in [0.2, 0.25) is 0 Å². The maximum atomic E-state index is 12.1. The largest absolute Gasteiger partial charge is 0.465 e. The summed E-state index contributed by atoms with van der Waals surface area (Å²) in [5.41, 5.74) is 2.06. The first-order chi connectivity index (χ1) is 9.61. The minimum absolute atomic E-state index is 0.266. The van der Waals surface area contributed by atoms with Crippen molar-refractivity contribution in [2.75, 3.05) is 12.4 Å². The van der Waals surface area contributed by atoms with Crippen molar-refractivity contribution in [3.8, 4) is 0 Å². The van der Waals surface area contributed by atoms with E-state index in [1.807, 2.05) is 0 Å². The number of carbonyl (C=O) groups is 2. The molecule has 0 spiro atoms. The SMILES string of the molecule is COC(=O)c1cccc(NC(=O)c2cccnc2C)c1. The van der Waals surface area contributed by atoms with Crippen LogP contribution in [-0.4, -0.2) is 24.0 Å². The smallest absolute Gasteiger partial charge is 0.337 e. The molecule has 102 valence electrons. The first kappa shape index (κ1) is 13.7. The lowest BCUT2D eigenvalue weighted by Crippen LogP contribution is -2.14. The summed E-state index contributed by atoms with van der Waals surface area (Å²) in [6, 6.07) is 9.97. The van der Waals surface area contributed by atoms with Crippen LogP contribution in [0, 0.1) is 6.92 Å². The highest BCUT2D eigenvalue weighted by atomic mass is 16.5. The molecule has 1 heterocycles. The molecule has 20 heavy (non-hydrogen) atoms. The molecule has 1 aromatic carbocycles. The first-order valence-corrected chi connectivity index (χ1v) is 6.03. The Bertz CT molecular complexity index is 653. The van der Waals surface area contributed by atoms with Gasteiger partial charge in [-0.3, -0.25) is 9.78 Å². The minimum Gasteiger partial charge on any atom is -0.465 e. The van der Waals surface area contributed by atoms with Crippen molar-refractivity contribution in [1.29, 1.82) is 0 Å². The Morgan fingerprint density at radius 3 is 2.70 bits per heavy atom. The number of anilines is 1. The van der Waals surface area contributed by atoms with Gasteiger partial charge in [0, 0.05) is 17.6 Å². The Labute approximate surface area is 116 Å². The standard InChI is InChI=1S/C15H14N2O3/c1-10-13(7-4-8-16-10)14(18)17-12-6-3-5-11(9-12)15(19)20-2/h3-9H,1-2H3,(H,17,18). The highest BCUT2D eigenvalue weighted by molar-refractivity contribution is 6.05. The van der Waals surface area contributed by atoms with Gasteiger partial charge in [-0.1, -0.05) is 6.07 Å². The molecule has 0 aliphatic heterocycles. The highest BCUT2D eigenvalue weighted by Crippen LogP contribution is 2.14. The van der Waals surface area contributed by atoms with E-state index in [0.717, 1.165) is 0 Å². The van der Waals surface area contributed by atoms with Crippen LogP contribution in [0.5, 0.6) is 0 Å². The second-order valence-electron chi connectivity index (χ2n) is 4.16. The number of rotatable bonds is 3. The molecule has 0 radical (unpaired) electrons. The number of hydrogen-bond acceptors (Lipinski definition) is 4. The van der Waals surface area contributed by atoms with Gasteiger partial charge >= 0.3 is 5.97 Å². The number of benzene rings is 1. The summed E-state index contributed by atoms with van der Waals surface area (Å²) in [7, 11) is 1.31. The zero-order valence-corrected chi connectivity index (χ0v) is 11.2. The lowest BCUT2D eigenvalue weighted by atomic mass is 10.1. The van der Waals surface area contributed by atoms with E-state index >= 15 is 0 Å². The van der Waals surface area contributed by atoms with Gasteiger partial charge in [-0.2, -0.15) is 0 Å². The molecular formula is C15H14N2O3. The maximum absolute atomic E-state index is 12.1. The van der Waals surface area contributed by atoms with Crippen molar-refractivity contribution in [1.82, 2.24) is 4.98 Å². The molecule has 1 amide bonds. The van der Waals surface area contributed by atoms with Crippen LogP contribution in [0.1, 0.15) is 26.4 Å².